The van der Waals surface area contributed by atoms with Gasteiger partial charge in [-0.1, -0.05) is 19.8 Å². The van der Waals surface area contributed by atoms with E-state index in [1.54, 1.807) is 0 Å². The normalized spacial score (nSPS) is 30.0. The van der Waals surface area contributed by atoms with E-state index in [2.05, 4.69) is 28.7 Å². The molecule has 0 radical (unpaired) electrons. The molecular formula is C18H30N2S. The molecule has 0 aliphatic heterocycles. The van der Waals surface area contributed by atoms with Crippen LogP contribution in [-0.2, 0) is 6.54 Å². The molecule has 2 N–H and O–H groups in total. The van der Waals surface area contributed by atoms with Crippen molar-refractivity contribution in [1.82, 2.24) is 4.90 Å². The first-order valence-electron chi connectivity index (χ1n) is 8.75. The SMILES string of the molecule is CCCC1CCC(CN)(N(Cc2ccsc2)C2CC2)CC1. The minimum Gasteiger partial charge on any atom is -0.329 e. The maximum Gasteiger partial charge on any atom is 0.0338 e. The zero-order chi connectivity index (χ0) is 14.7. The van der Waals surface area contributed by atoms with Crippen molar-refractivity contribution in [2.45, 2.75) is 76.4 Å². The third-order valence-electron chi connectivity index (χ3n) is 5.64. The van der Waals surface area contributed by atoms with Gasteiger partial charge in [0.1, 0.15) is 0 Å². The fourth-order valence-corrected chi connectivity index (χ4v) is 4.83. The summed E-state index contributed by atoms with van der Waals surface area (Å²) in [7, 11) is 0. The molecule has 0 unspecified atom stereocenters. The van der Waals surface area contributed by atoms with Crippen molar-refractivity contribution in [3.8, 4) is 0 Å². The van der Waals surface area contributed by atoms with Gasteiger partial charge in [-0.25, -0.2) is 0 Å². The lowest BCUT2D eigenvalue weighted by molar-refractivity contribution is 0.0269. The number of hydrogen-bond acceptors (Lipinski definition) is 3. The molecule has 3 rings (SSSR count). The fourth-order valence-electron chi connectivity index (χ4n) is 4.17. The van der Waals surface area contributed by atoms with E-state index in [1.807, 2.05) is 11.3 Å². The van der Waals surface area contributed by atoms with Gasteiger partial charge in [0.05, 0.1) is 0 Å². The fraction of sp³-hybridized carbons (Fsp3) is 0.778. The van der Waals surface area contributed by atoms with Crippen molar-refractivity contribution in [3.05, 3.63) is 22.4 Å². The summed E-state index contributed by atoms with van der Waals surface area (Å²) in [5.74, 6) is 0.955. The topological polar surface area (TPSA) is 29.3 Å². The van der Waals surface area contributed by atoms with Gasteiger partial charge >= 0.3 is 0 Å². The van der Waals surface area contributed by atoms with Crippen molar-refractivity contribution in [2.24, 2.45) is 11.7 Å². The van der Waals surface area contributed by atoms with E-state index in [1.165, 1.54) is 56.9 Å². The van der Waals surface area contributed by atoms with E-state index in [0.29, 0.717) is 0 Å². The second kappa shape index (κ2) is 6.80. The molecular weight excluding hydrogens is 276 g/mol. The van der Waals surface area contributed by atoms with E-state index in [4.69, 9.17) is 5.73 Å². The molecule has 1 heterocycles. The number of thiophene rings is 1. The van der Waals surface area contributed by atoms with Crippen LogP contribution >= 0.6 is 11.3 Å². The van der Waals surface area contributed by atoms with Crippen LogP contribution in [0.4, 0.5) is 0 Å². The van der Waals surface area contributed by atoms with Crippen molar-refractivity contribution in [2.75, 3.05) is 6.54 Å². The number of nitrogens with zero attached hydrogens (tertiary/aromatic N) is 1. The summed E-state index contributed by atoms with van der Waals surface area (Å²) in [5, 5.41) is 4.51. The Hall–Kier alpha value is -0.380. The summed E-state index contributed by atoms with van der Waals surface area (Å²) in [4.78, 5) is 2.79. The van der Waals surface area contributed by atoms with E-state index < -0.39 is 0 Å². The molecule has 2 fully saturated rings. The van der Waals surface area contributed by atoms with E-state index in [0.717, 1.165) is 25.0 Å². The molecule has 0 bridgehead atoms. The smallest absolute Gasteiger partial charge is 0.0338 e. The summed E-state index contributed by atoms with van der Waals surface area (Å²) in [6.45, 7) is 4.27. The predicted molar refractivity (Wildman–Crippen MR) is 91.5 cm³/mol. The molecule has 0 atom stereocenters. The van der Waals surface area contributed by atoms with Gasteiger partial charge in [-0.2, -0.15) is 11.3 Å². The highest BCUT2D eigenvalue weighted by Gasteiger charge is 2.45. The van der Waals surface area contributed by atoms with Crippen LogP contribution in [-0.4, -0.2) is 23.0 Å². The van der Waals surface area contributed by atoms with Crippen LogP contribution in [0.3, 0.4) is 0 Å². The molecule has 2 saturated carbocycles. The van der Waals surface area contributed by atoms with Gasteiger partial charge < -0.3 is 5.73 Å². The Kier molecular flexibility index (Phi) is 5.03. The summed E-state index contributed by atoms with van der Waals surface area (Å²) < 4.78 is 0. The zero-order valence-corrected chi connectivity index (χ0v) is 14.2. The zero-order valence-electron chi connectivity index (χ0n) is 13.4. The Labute approximate surface area is 133 Å². The Morgan fingerprint density at radius 2 is 2.05 bits per heavy atom. The van der Waals surface area contributed by atoms with Crippen molar-refractivity contribution in [1.29, 1.82) is 0 Å². The largest absolute Gasteiger partial charge is 0.329 e. The molecule has 118 valence electrons. The Morgan fingerprint density at radius 1 is 1.29 bits per heavy atom. The maximum atomic E-state index is 6.31. The molecule has 3 heteroatoms. The van der Waals surface area contributed by atoms with Crippen molar-refractivity contribution in [3.63, 3.8) is 0 Å². The standard InChI is InChI=1S/C18H30N2S/c1-2-3-15-6-9-18(14-19,10-7-15)20(17-4-5-17)12-16-8-11-21-13-16/h8,11,13,15,17H,2-7,9-10,12,14,19H2,1H3. The predicted octanol–water partition coefficient (Wildman–Crippen LogP) is 4.40. The molecule has 0 saturated heterocycles. The third kappa shape index (κ3) is 3.52. The van der Waals surface area contributed by atoms with Crippen molar-refractivity contribution < 1.29 is 0 Å². The average molecular weight is 307 g/mol. The monoisotopic (exact) mass is 306 g/mol. The van der Waals surface area contributed by atoms with Gasteiger partial charge in [0.25, 0.3) is 0 Å². The van der Waals surface area contributed by atoms with Gasteiger partial charge in [0.2, 0.25) is 0 Å². The molecule has 0 aromatic carbocycles. The first-order valence-corrected chi connectivity index (χ1v) is 9.69. The van der Waals surface area contributed by atoms with E-state index >= 15 is 0 Å². The first kappa shape index (κ1) is 15.5. The highest BCUT2D eigenvalue weighted by atomic mass is 32.1. The van der Waals surface area contributed by atoms with Gasteiger partial charge in [0.15, 0.2) is 0 Å². The first-order chi connectivity index (χ1) is 10.3. The van der Waals surface area contributed by atoms with Gasteiger partial charge in [-0.15, -0.1) is 0 Å². The Morgan fingerprint density at radius 3 is 2.57 bits per heavy atom. The van der Waals surface area contributed by atoms with Crippen LogP contribution < -0.4 is 5.73 Å². The lowest BCUT2D eigenvalue weighted by Crippen LogP contribution is -2.56. The van der Waals surface area contributed by atoms with Crippen molar-refractivity contribution >= 4 is 11.3 Å². The van der Waals surface area contributed by atoms with Crippen LogP contribution in [0.5, 0.6) is 0 Å². The van der Waals surface area contributed by atoms with Gasteiger partial charge in [0, 0.05) is 24.7 Å². The Bertz CT molecular complexity index is 416. The number of hydrogen-bond donors (Lipinski definition) is 1. The van der Waals surface area contributed by atoms with E-state index in [-0.39, 0.29) is 5.54 Å². The summed E-state index contributed by atoms with van der Waals surface area (Å²) in [6, 6.07) is 3.09. The van der Waals surface area contributed by atoms with Crippen LogP contribution in [0, 0.1) is 5.92 Å². The summed E-state index contributed by atoms with van der Waals surface area (Å²) in [5.41, 5.74) is 8.08. The molecule has 0 spiro atoms. The quantitative estimate of drug-likeness (QED) is 0.809. The number of nitrogens with two attached hydrogens (primary N) is 1. The second-order valence-corrected chi connectivity index (χ2v) is 7.93. The minimum atomic E-state index is 0.285. The summed E-state index contributed by atoms with van der Waals surface area (Å²) in [6.07, 6.45) is 10.9. The van der Waals surface area contributed by atoms with Crippen LogP contribution in [0.25, 0.3) is 0 Å². The molecule has 2 aliphatic carbocycles. The average Bonchev–Trinajstić information content (AvgIpc) is 3.23. The summed E-state index contributed by atoms with van der Waals surface area (Å²) >= 11 is 1.82. The van der Waals surface area contributed by atoms with Crippen LogP contribution in [0.2, 0.25) is 0 Å². The molecule has 1 aromatic rings. The van der Waals surface area contributed by atoms with Gasteiger partial charge in [-0.3, -0.25) is 4.90 Å². The van der Waals surface area contributed by atoms with Crippen LogP contribution in [0.15, 0.2) is 16.8 Å². The maximum absolute atomic E-state index is 6.31. The lowest BCUT2D eigenvalue weighted by atomic mass is 9.74. The Balaban J connectivity index is 1.70. The molecule has 0 amide bonds. The van der Waals surface area contributed by atoms with Crippen LogP contribution in [0.1, 0.15) is 63.9 Å². The number of rotatable bonds is 7. The molecule has 1 aromatic heterocycles. The van der Waals surface area contributed by atoms with Gasteiger partial charge in [-0.05, 0) is 66.8 Å². The highest BCUT2D eigenvalue weighted by molar-refractivity contribution is 7.07. The lowest BCUT2D eigenvalue weighted by Gasteiger charge is -2.48. The molecule has 2 nitrogen and oxygen atoms in total. The minimum absolute atomic E-state index is 0.285. The second-order valence-electron chi connectivity index (χ2n) is 7.15. The third-order valence-corrected chi connectivity index (χ3v) is 6.37. The molecule has 2 aliphatic rings. The molecule has 21 heavy (non-hydrogen) atoms. The highest BCUT2D eigenvalue weighted by Crippen LogP contribution is 2.43. The van der Waals surface area contributed by atoms with E-state index in [9.17, 15) is 0 Å².